The van der Waals surface area contributed by atoms with Gasteiger partial charge in [0.2, 0.25) is 5.91 Å². The number of nitrogens with zero attached hydrogens (tertiary/aromatic N) is 1. The Bertz CT molecular complexity index is 851. The van der Waals surface area contributed by atoms with Crippen molar-refractivity contribution in [1.82, 2.24) is 4.90 Å². The van der Waals surface area contributed by atoms with Crippen LogP contribution in [0.15, 0.2) is 42.5 Å². The van der Waals surface area contributed by atoms with Gasteiger partial charge in [0.1, 0.15) is 6.10 Å². The summed E-state index contributed by atoms with van der Waals surface area (Å²) in [6.07, 6.45) is -1.32. The molecule has 0 fully saturated rings. The molecule has 0 saturated heterocycles. The summed E-state index contributed by atoms with van der Waals surface area (Å²) in [5.41, 5.74) is 2.38. The van der Waals surface area contributed by atoms with Gasteiger partial charge in [-0.25, -0.2) is 4.79 Å². The Labute approximate surface area is 167 Å². The number of carbonyl (C=O) groups is 2. The summed E-state index contributed by atoms with van der Waals surface area (Å²) in [7, 11) is 1.25. The lowest BCUT2D eigenvalue weighted by atomic mass is 9.91. The quantitative estimate of drug-likeness (QED) is 0.674. The summed E-state index contributed by atoms with van der Waals surface area (Å²) in [5, 5.41) is 0.895. The first-order valence-corrected chi connectivity index (χ1v) is 9.23. The van der Waals surface area contributed by atoms with Crippen LogP contribution in [0.5, 0.6) is 0 Å². The lowest BCUT2D eigenvalue weighted by molar-refractivity contribution is -0.135. The zero-order valence-electron chi connectivity index (χ0n) is 14.9. The summed E-state index contributed by atoms with van der Waals surface area (Å²) in [6, 6.07) is 12.6. The second-order valence-corrected chi connectivity index (χ2v) is 7.10. The number of rotatable bonds is 3. The van der Waals surface area contributed by atoms with Crippen LogP contribution in [-0.4, -0.2) is 30.6 Å². The molecule has 0 radical (unpaired) electrons. The summed E-state index contributed by atoms with van der Waals surface area (Å²) in [5.74, 6) is -0.148. The average Bonchev–Trinajstić information content (AvgIpc) is 2.66. The molecule has 2 unspecified atom stereocenters. The highest BCUT2D eigenvalue weighted by atomic mass is 35.5. The number of fused-ring (bicyclic) bond motifs is 1. The van der Waals surface area contributed by atoms with Crippen LogP contribution in [0.2, 0.25) is 10.0 Å². The molecular formula is C20H19Cl2NO4. The van der Waals surface area contributed by atoms with E-state index in [1.807, 2.05) is 31.2 Å². The van der Waals surface area contributed by atoms with Gasteiger partial charge in [-0.3, -0.25) is 4.79 Å². The van der Waals surface area contributed by atoms with Gasteiger partial charge in [0.05, 0.1) is 26.1 Å². The molecule has 2 aromatic carbocycles. The summed E-state index contributed by atoms with van der Waals surface area (Å²) < 4.78 is 10.0. The number of ether oxygens (including phenoxy) is 2. The predicted molar refractivity (Wildman–Crippen MR) is 103 cm³/mol. The molecule has 3 rings (SSSR count). The molecule has 0 bridgehead atoms. The first kappa shape index (κ1) is 19.5. The third-order valence-electron chi connectivity index (χ3n) is 4.74. The monoisotopic (exact) mass is 407 g/mol. The van der Waals surface area contributed by atoms with E-state index in [4.69, 9.17) is 27.9 Å². The van der Waals surface area contributed by atoms with Gasteiger partial charge < -0.3 is 14.4 Å². The molecule has 1 aliphatic rings. The minimum absolute atomic E-state index is 0.0654. The van der Waals surface area contributed by atoms with Gasteiger partial charge in [0, 0.05) is 10.0 Å². The van der Waals surface area contributed by atoms with E-state index < -0.39 is 12.3 Å². The van der Waals surface area contributed by atoms with Crippen LogP contribution in [-0.2, 0) is 20.7 Å². The molecule has 5 nitrogen and oxygen atoms in total. The van der Waals surface area contributed by atoms with Crippen LogP contribution in [0.1, 0.15) is 35.8 Å². The van der Waals surface area contributed by atoms with E-state index in [0.29, 0.717) is 15.6 Å². The van der Waals surface area contributed by atoms with E-state index in [2.05, 4.69) is 4.74 Å². The van der Waals surface area contributed by atoms with E-state index >= 15 is 0 Å². The Balaban J connectivity index is 1.89. The summed E-state index contributed by atoms with van der Waals surface area (Å²) in [6.45, 7) is 2.17. The lowest BCUT2D eigenvalue weighted by Gasteiger charge is -2.39. The fourth-order valence-corrected chi connectivity index (χ4v) is 3.86. The minimum atomic E-state index is -0.786. The fourth-order valence-electron chi connectivity index (χ4n) is 3.32. The van der Waals surface area contributed by atoms with Crippen LogP contribution >= 0.6 is 23.2 Å². The molecule has 7 heteroatoms. The molecule has 142 valence electrons. The van der Waals surface area contributed by atoms with E-state index in [-0.39, 0.29) is 24.9 Å². The maximum absolute atomic E-state index is 13.0. The number of benzene rings is 2. The van der Waals surface area contributed by atoms with Crippen molar-refractivity contribution in [3.8, 4) is 0 Å². The summed E-state index contributed by atoms with van der Waals surface area (Å²) >= 11 is 12.4. The normalized spacial score (nSPS) is 18.6. The van der Waals surface area contributed by atoms with Crippen molar-refractivity contribution >= 4 is 35.3 Å². The molecular weight excluding hydrogens is 389 g/mol. The maximum Gasteiger partial charge on any atom is 0.508 e. The van der Waals surface area contributed by atoms with Crippen molar-refractivity contribution in [2.24, 2.45) is 0 Å². The molecule has 1 heterocycles. The second-order valence-electron chi connectivity index (χ2n) is 6.29. The van der Waals surface area contributed by atoms with Crippen molar-refractivity contribution in [2.75, 3.05) is 13.7 Å². The lowest BCUT2D eigenvalue weighted by Crippen LogP contribution is -2.42. The Morgan fingerprint density at radius 3 is 2.33 bits per heavy atom. The first-order valence-electron chi connectivity index (χ1n) is 8.48. The smallest absolute Gasteiger partial charge is 0.438 e. The molecule has 1 aliphatic heterocycles. The zero-order valence-corrected chi connectivity index (χ0v) is 16.5. The van der Waals surface area contributed by atoms with Gasteiger partial charge in [-0.15, -0.1) is 0 Å². The standard InChI is InChI=1S/C20H19Cl2NO4/c1-12-13-6-3-4-7-14(13)18(27-20(25)26-2)11-23(12)19(24)10-15-16(21)8-5-9-17(15)22/h3-9,12,18H,10-11H2,1-2H3. The summed E-state index contributed by atoms with van der Waals surface area (Å²) in [4.78, 5) is 26.4. The zero-order chi connectivity index (χ0) is 19.6. The molecule has 27 heavy (non-hydrogen) atoms. The van der Waals surface area contributed by atoms with Crippen molar-refractivity contribution in [3.05, 3.63) is 69.2 Å². The number of methoxy groups -OCH3 is 1. The van der Waals surface area contributed by atoms with Gasteiger partial charge in [-0.05, 0) is 35.7 Å². The third kappa shape index (κ3) is 4.04. The maximum atomic E-state index is 13.0. The van der Waals surface area contributed by atoms with E-state index in [1.54, 1.807) is 23.1 Å². The third-order valence-corrected chi connectivity index (χ3v) is 5.45. The van der Waals surface area contributed by atoms with Crippen LogP contribution < -0.4 is 0 Å². The molecule has 0 saturated carbocycles. The second kappa shape index (κ2) is 8.19. The van der Waals surface area contributed by atoms with Gasteiger partial charge in [-0.1, -0.05) is 53.5 Å². The highest BCUT2D eigenvalue weighted by Crippen LogP contribution is 2.37. The van der Waals surface area contributed by atoms with Crippen LogP contribution in [0.25, 0.3) is 0 Å². The SMILES string of the molecule is COC(=O)OC1CN(C(=O)Cc2c(Cl)cccc2Cl)C(C)c2ccccc21. The van der Waals surface area contributed by atoms with Crippen LogP contribution in [0.3, 0.4) is 0 Å². The number of hydrogen-bond acceptors (Lipinski definition) is 4. The molecule has 0 N–H and O–H groups in total. The van der Waals surface area contributed by atoms with Gasteiger partial charge in [-0.2, -0.15) is 0 Å². The fraction of sp³-hybridized carbons (Fsp3) is 0.300. The highest BCUT2D eigenvalue weighted by Gasteiger charge is 2.35. The largest absolute Gasteiger partial charge is 0.508 e. The van der Waals surface area contributed by atoms with Crippen molar-refractivity contribution in [2.45, 2.75) is 25.5 Å². The van der Waals surface area contributed by atoms with Gasteiger partial charge in [0.15, 0.2) is 0 Å². The highest BCUT2D eigenvalue weighted by molar-refractivity contribution is 6.36. The van der Waals surface area contributed by atoms with Crippen LogP contribution in [0.4, 0.5) is 4.79 Å². The van der Waals surface area contributed by atoms with Crippen molar-refractivity contribution in [3.63, 3.8) is 0 Å². The Kier molecular flexibility index (Phi) is 5.92. The molecule has 2 aromatic rings. The number of hydrogen-bond donors (Lipinski definition) is 0. The van der Waals surface area contributed by atoms with Crippen molar-refractivity contribution < 1.29 is 19.1 Å². The molecule has 0 spiro atoms. The Morgan fingerprint density at radius 1 is 1.07 bits per heavy atom. The first-order chi connectivity index (χ1) is 12.9. The van der Waals surface area contributed by atoms with Gasteiger partial charge in [0.25, 0.3) is 0 Å². The average molecular weight is 408 g/mol. The molecule has 0 aliphatic carbocycles. The van der Waals surface area contributed by atoms with E-state index in [1.165, 1.54) is 7.11 Å². The van der Waals surface area contributed by atoms with E-state index in [0.717, 1.165) is 11.1 Å². The predicted octanol–water partition coefficient (Wildman–Crippen LogP) is 4.96. The Hall–Kier alpha value is -2.24. The van der Waals surface area contributed by atoms with Crippen LogP contribution in [0, 0.1) is 0 Å². The number of carbonyl (C=O) groups excluding carboxylic acids is 2. The van der Waals surface area contributed by atoms with E-state index in [9.17, 15) is 9.59 Å². The van der Waals surface area contributed by atoms with Crippen molar-refractivity contribution in [1.29, 1.82) is 0 Å². The van der Waals surface area contributed by atoms with Gasteiger partial charge >= 0.3 is 6.16 Å². The topological polar surface area (TPSA) is 55.8 Å². The molecule has 1 amide bonds. The molecule has 2 atom stereocenters. The number of amides is 1. The minimum Gasteiger partial charge on any atom is -0.438 e. The molecule has 0 aromatic heterocycles. The number of halogens is 2. The Morgan fingerprint density at radius 2 is 1.70 bits per heavy atom.